The van der Waals surface area contributed by atoms with Gasteiger partial charge in [-0.25, -0.2) is 4.79 Å². The molecule has 0 unspecified atom stereocenters. The maximum Gasteiger partial charge on any atom is 0.314 e. The van der Waals surface area contributed by atoms with Crippen LogP contribution >= 0.6 is 0 Å². The van der Waals surface area contributed by atoms with E-state index in [9.17, 15) is 9.59 Å². The van der Waals surface area contributed by atoms with Crippen molar-refractivity contribution in [2.45, 2.75) is 45.4 Å². The van der Waals surface area contributed by atoms with Crippen molar-refractivity contribution in [3.63, 3.8) is 0 Å². The van der Waals surface area contributed by atoms with Crippen LogP contribution in [0.15, 0.2) is 0 Å². The number of hydrogen-bond acceptors (Lipinski definition) is 4. The van der Waals surface area contributed by atoms with Gasteiger partial charge in [-0.1, -0.05) is 13.3 Å². The van der Waals surface area contributed by atoms with Crippen LogP contribution in [0.2, 0.25) is 0 Å². The first kappa shape index (κ1) is 18.7. The molecule has 0 saturated carbocycles. The van der Waals surface area contributed by atoms with Gasteiger partial charge in [0, 0.05) is 26.1 Å². The van der Waals surface area contributed by atoms with Gasteiger partial charge in [0.15, 0.2) is 0 Å². The number of urea groups is 1. The Kier molecular flexibility index (Phi) is 9.62. The number of likely N-dealkylation sites (tertiary alicyclic amines) is 1. The predicted molar refractivity (Wildman–Crippen MR) is 86.7 cm³/mol. The van der Waals surface area contributed by atoms with Gasteiger partial charge in [-0.05, 0) is 44.7 Å². The Morgan fingerprint density at radius 2 is 1.86 bits per heavy atom. The Hall–Kier alpha value is -1.30. The fourth-order valence-electron chi connectivity index (χ4n) is 2.68. The molecule has 1 aliphatic heterocycles. The fraction of sp³-hybridized carbons (Fsp3) is 0.875. The summed E-state index contributed by atoms with van der Waals surface area (Å²) in [7, 11) is 1.39. The van der Waals surface area contributed by atoms with Crippen LogP contribution in [0.3, 0.4) is 0 Å². The zero-order valence-corrected chi connectivity index (χ0v) is 14.0. The van der Waals surface area contributed by atoms with Gasteiger partial charge in [-0.2, -0.15) is 0 Å². The molecule has 128 valence electrons. The second-order valence-electron chi connectivity index (χ2n) is 6.14. The van der Waals surface area contributed by atoms with Gasteiger partial charge < -0.3 is 20.3 Å². The molecular formula is C16H31N3O3. The molecule has 0 spiro atoms. The highest BCUT2D eigenvalue weighted by Crippen LogP contribution is 2.10. The lowest BCUT2D eigenvalue weighted by Gasteiger charge is -2.29. The molecular weight excluding hydrogens is 282 g/mol. The average molecular weight is 313 g/mol. The number of hydrogen-bond donors (Lipinski definition) is 2. The van der Waals surface area contributed by atoms with Crippen molar-refractivity contribution < 1.29 is 14.3 Å². The summed E-state index contributed by atoms with van der Waals surface area (Å²) in [6.07, 6.45) is 5.87. The SMILES string of the molecule is COC(=O)CCCCNC(=O)NC[C@@H](C)CN1CCCCC1. The normalized spacial score (nSPS) is 16.8. The molecule has 6 nitrogen and oxygen atoms in total. The van der Waals surface area contributed by atoms with E-state index in [1.54, 1.807) is 0 Å². The molecule has 0 aromatic carbocycles. The molecule has 0 aromatic heterocycles. The van der Waals surface area contributed by atoms with Gasteiger partial charge in [0.05, 0.1) is 7.11 Å². The standard InChI is InChI=1S/C16H31N3O3/c1-14(13-19-10-6-3-7-11-19)12-18-16(21)17-9-5-4-8-15(20)22-2/h14H,3-13H2,1-2H3,(H2,17,18,21)/t14-/m1/s1. The molecule has 0 aliphatic carbocycles. The summed E-state index contributed by atoms with van der Waals surface area (Å²) in [5.74, 6) is 0.263. The first-order valence-corrected chi connectivity index (χ1v) is 8.42. The van der Waals surface area contributed by atoms with Gasteiger partial charge in [-0.15, -0.1) is 0 Å². The maximum atomic E-state index is 11.7. The van der Waals surface area contributed by atoms with Gasteiger partial charge in [0.25, 0.3) is 0 Å². The Morgan fingerprint density at radius 3 is 2.55 bits per heavy atom. The minimum Gasteiger partial charge on any atom is -0.469 e. The highest BCUT2D eigenvalue weighted by Gasteiger charge is 2.13. The molecule has 1 saturated heterocycles. The predicted octanol–water partition coefficient (Wildman–Crippen LogP) is 1.75. The van der Waals surface area contributed by atoms with E-state index in [1.165, 1.54) is 39.5 Å². The van der Waals surface area contributed by atoms with Gasteiger partial charge in [0.2, 0.25) is 0 Å². The summed E-state index contributed by atoms with van der Waals surface area (Å²) in [5, 5.41) is 5.73. The van der Waals surface area contributed by atoms with E-state index in [0.29, 0.717) is 25.4 Å². The minimum absolute atomic E-state index is 0.122. The molecule has 1 heterocycles. The number of ether oxygens (including phenoxy) is 1. The summed E-state index contributed by atoms with van der Waals surface area (Å²) >= 11 is 0. The van der Waals surface area contributed by atoms with Crippen LogP contribution in [0.25, 0.3) is 0 Å². The molecule has 1 fully saturated rings. The molecule has 0 radical (unpaired) electrons. The number of nitrogens with one attached hydrogen (secondary N) is 2. The van der Waals surface area contributed by atoms with Crippen molar-refractivity contribution in [2.75, 3.05) is 39.8 Å². The van der Waals surface area contributed by atoms with Crippen molar-refractivity contribution in [1.29, 1.82) is 0 Å². The molecule has 1 aliphatic rings. The number of rotatable bonds is 9. The number of unbranched alkanes of at least 4 members (excludes halogenated alkanes) is 1. The van der Waals surface area contributed by atoms with Gasteiger partial charge in [0.1, 0.15) is 0 Å². The lowest BCUT2D eigenvalue weighted by Crippen LogP contribution is -2.41. The number of carbonyl (C=O) groups is 2. The van der Waals surface area contributed by atoms with E-state index >= 15 is 0 Å². The van der Waals surface area contributed by atoms with E-state index in [4.69, 9.17) is 0 Å². The van der Waals surface area contributed by atoms with Crippen LogP contribution in [0, 0.1) is 5.92 Å². The Balaban J connectivity index is 1.98. The van der Waals surface area contributed by atoms with E-state index in [0.717, 1.165) is 19.4 Å². The van der Waals surface area contributed by atoms with E-state index < -0.39 is 0 Å². The summed E-state index contributed by atoms with van der Waals surface area (Å²) in [6.45, 7) is 6.89. The lowest BCUT2D eigenvalue weighted by molar-refractivity contribution is -0.140. The van der Waals surface area contributed by atoms with Crippen LogP contribution in [-0.4, -0.2) is 56.7 Å². The van der Waals surface area contributed by atoms with E-state index in [-0.39, 0.29) is 12.0 Å². The van der Waals surface area contributed by atoms with Crippen LogP contribution in [0.5, 0.6) is 0 Å². The highest BCUT2D eigenvalue weighted by molar-refractivity contribution is 5.73. The van der Waals surface area contributed by atoms with Crippen molar-refractivity contribution in [2.24, 2.45) is 5.92 Å². The van der Waals surface area contributed by atoms with Crippen LogP contribution in [0.4, 0.5) is 4.79 Å². The number of esters is 1. The third-order valence-corrected chi connectivity index (χ3v) is 3.95. The van der Waals surface area contributed by atoms with Crippen LogP contribution < -0.4 is 10.6 Å². The Morgan fingerprint density at radius 1 is 1.14 bits per heavy atom. The quantitative estimate of drug-likeness (QED) is 0.502. The smallest absolute Gasteiger partial charge is 0.314 e. The monoisotopic (exact) mass is 313 g/mol. The molecule has 22 heavy (non-hydrogen) atoms. The van der Waals surface area contributed by atoms with Crippen molar-refractivity contribution >= 4 is 12.0 Å². The number of amides is 2. The Bertz CT molecular complexity index is 331. The number of nitrogens with zero attached hydrogens (tertiary/aromatic N) is 1. The number of methoxy groups -OCH3 is 1. The van der Waals surface area contributed by atoms with E-state index in [2.05, 4.69) is 27.2 Å². The largest absolute Gasteiger partial charge is 0.469 e. The first-order chi connectivity index (χ1) is 10.6. The van der Waals surface area contributed by atoms with Crippen molar-refractivity contribution in [3.8, 4) is 0 Å². The van der Waals surface area contributed by atoms with Gasteiger partial charge >= 0.3 is 12.0 Å². The second-order valence-corrected chi connectivity index (χ2v) is 6.14. The third-order valence-electron chi connectivity index (χ3n) is 3.95. The summed E-state index contributed by atoms with van der Waals surface area (Å²) in [5.41, 5.74) is 0. The van der Waals surface area contributed by atoms with Crippen LogP contribution in [0.1, 0.15) is 45.4 Å². The first-order valence-electron chi connectivity index (χ1n) is 8.42. The fourth-order valence-corrected chi connectivity index (χ4v) is 2.68. The lowest BCUT2D eigenvalue weighted by atomic mass is 10.1. The maximum absolute atomic E-state index is 11.7. The topological polar surface area (TPSA) is 70.7 Å². The average Bonchev–Trinajstić information content (AvgIpc) is 2.53. The minimum atomic E-state index is -0.198. The summed E-state index contributed by atoms with van der Waals surface area (Å²) in [6, 6.07) is -0.122. The zero-order valence-electron chi connectivity index (χ0n) is 14.0. The summed E-state index contributed by atoms with van der Waals surface area (Å²) < 4.78 is 4.56. The molecule has 2 amide bonds. The summed E-state index contributed by atoms with van der Waals surface area (Å²) in [4.78, 5) is 25.1. The molecule has 1 atom stereocenters. The second kappa shape index (κ2) is 11.3. The zero-order chi connectivity index (χ0) is 16.2. The number of carbonyl (C=O) groups excluding carboxylic acids is 2. The van der Waals surface area contributed by atoms with Crippen molar-refractivity contribution in [1.82, 2.24) is 15.5 Å². The van der Waals surface area contributed by atoms with Crippen molar-refractivity contribution in [3.05, 3.63) is 0 Å². The molecule has 6 heteroatoms. The highest BCUT2D eigenvalue weighted by atomic mass is 16.5. The molecule has 0 aromatic rings. The Labute approximate surface area is 134 Å². The van der Waals surface area contributed by atoms with Gasteiger partial charge in [-0.3, -0.25) is 4.79 Å². The van der Waals surface area contributed by atoms with E-state index in [1.807, 2.05) is 0 Å². The molecule has 2 N–H and O–H groups in total. The van der Waals surface area contributed by atoms with Crippen LogP contribution in [-0.2, 0) is 9.53 Å². The number of piperidine rings is 1. The molecule has 1 rings (SSSR count). The molecule has 0 bridgehead atoms. The third kappa shape index (κ3) is 8.87.